The molecule has 1 aromatic rings. The first-order chi connectivity index (χ1) is 8.79. The summed E-state index contributed by atoms with van der Waals surface area (Å²) >= 11 is 0. The third kappa shape index (κ3) is 3.89. The standard InChI is InChI=1S/C12H12F3NO2S/c1-2-3-4-9-16-10-5-7-11(8-6-10)19(17,18)12(13,14)15/h5-8,16H,4,9H2,1H3. The molecule has 3 nitrogen and oxygen atoms in total. The Morgan fingerprint density at radius 2 is 1.79 bits per heavy atom. The molecule has 0 saturated heterocycles. The summed E-state index contributed by atoms with van der Waals surface area (Å²) in [5.41, 5.74) is -4.74. The molecule has 0 bridgehead atoms. The lowest BCUT2D eigenvalue weighted by Gasteiger charge is -2.09. The molecule has 104 valence electrons. The summed E-state index contributed by atoms with van der Waals surface area (Å²) in [6.07, 6.45) is 0.596. The average molecular weight is 291 g/mol. The lowest BCUT2D eigenvalue weighted by Crippen LogP contribution is -2.23. The monoisotopic (exact) mass is 291 g/mol. The number of rotatable bonds is 4. The molecule has 0 amide bonds. The van der Waals surface area contributed by atoms with E-state index in [0.717, 1.165) is 12.1 Å². The van der Waals surface area contributed by atoms with Gasteiger partial charge in [0.2, 0.25) is 0 Å². The van der Waals surface area contributed by atoms with Crippen LogP contribution in [0.25, 0.3) is 0 Å². The molecule has 0 aliphatic rings. The molecule has 0 radical (unpaired) electrons. The van der Waals surface area contributed by atoms with Crippen LogP contribution in [0.2, 0.25) is 0 Å². The van der Waals surface area contributed by atoms with Gasteiger partial charge in [-0.2, -0.15) is 13.2 Å². The van der Waals surface area contributed by atoms with Crippen molar-refractivity contribution in [3.05, 3.63) is 24.3 Å². The number of hydrogen-bond donors (Lipinski definition) is 1. The molecule has 19 heavy (non-hydrogen) atoms. The van der Waals surface area contributed by atoms with E-state index in [1.807, 2.05) is 0 Å². The minimum Gasteiger partial charge on any atom is -0.384 e. The first-order valence-electron chi connectivity index (χ1n) is 5.34. The topological polar surface area (TPSA) is 46.2 Å². The van der Waals surface area contributed by atoms with Gasteiger partial charge in [-0.3, -0.25) is 0 Å². The number of nitrogens with one attached hydrogen (secondary N) is 1. The molecule has 0 aliphatic carbocycles. The SMILES string of the molecule is CC#CCCNc1ccc(S(=O)(=O)C(F)(F)F)cc1. The maximum absolute atomic E-state index is 12.3. The summed E-state index contributed by atoms with van der Waals surface area (Å²) in [5, 5.41) is 2.92. The lowest BCUT2D eigenvalue weighted by molar-refractivity contribution is -0.0436. The van der Waals surface area contributed by atoms with Crippen LogP contribution in [0.1, 0.15) is 13.3 Å². The van der Waals surface area contributed by atoms with Gasteiger partial charge in [-0.25, -0.2) is 8.42 Å². The third-order valence-corrected chi connectivity index (χ3v) is 3.73. The number of hydrogen-bond acceptors (Lipinski definition) is 3. The number of sulfone groups is 1. The Balaban J connectivity index is 2.79. The van der Waals surface area contributed by atoms with Crippen LogP contribution >= 0.6 is 0 Å². The van der Waals surface area contributed by atoms with Gasteiger partial charge in [0.1, 0.15) is 0 Å². The van der Waals surface area contributed by atoms with Gasteiger partial charge in [0.05, 0.1) is 4.90 Å². The first kappa shape index (κ1) is 15.4. The van der Waals surface area contributed by atoms with E-state index in [1.54, 1.807) is 6.92 Å². The van der Waals surface area contributed by atoms with E-state index in [9.17, 15) is 21.6 Å². The van der Waals surface area contributed by atoms with Crippen molar-refractivity contribution in [2.75, 3.05) is 11.9 Å². The Hall–Kier alpha value is -1.68. The van der Waals surface area contributed by atoms with Crippen LogP contribution in [0.5, 0.6) is 0 Å². The van der Waals surface area contributed by atoms with E-state index in [2.05, 4.69) is 17.2 Å². The molecule has 1 N–H and O–H groups in total. The second kappa shape index (κ2) is 5.97. The molecule has 0 spiro atoms. The van der Waals surface area contributed by atoms with E-state index < -0.39 is 20.2 Å². The molecule has 0 saturated carbocycles. The Labute approximate surface area is 109 Å². The van der Waals surface area contributed by atoms with Gasteiger partial charge in [0, 0.05) is 18.7 Å². The van der Waals surface area contributed by atoms with Crippen molar-refractivity contribution >= 4 is 15.5 Å². The van der Waals surface area contributed by atoms with E-state index in [4.69, 9.17) is 0 Å². The maximum Gasteiger partial charge on any atom is 0.501 e. The third-order valence-electron chi connectivity index (χ3n) is 2.23. The molecule has 1 rings (SSSR count). The quantitative estimate of drug-likeness (QED) is 0.685. The number of anilines is 1. The second-order valence-electron chi connectivity index (χ2n) is 3.58. The number of halogens is 3. The summed E-state index contributed by atoms with van der Waals surface area (Å²) in [4.78, 5) is -0.765. The highest BCUT2D eigenvalue weighted by molar-refractivity contribution is 7.92. The minimum atomic E-state index is -5.28. The van der Waals surface area contributed by atoms with Crippen LogP contribution in [0.3, 0.4) is 0 Å². The summed E-state index contributed by atoms with van der Waals surface area (Å²) in [7, 11) is -5.27. The minimum absolute atomic E-state index is 0.534. The van der Waals surface area contributed by atoms with Gasteiger partial charge in [-0.1, -0.05) is 0 Å². The van der Waals surface area contributed by atoms with Crippen LogP contribution in [0.15, 0.2) is 29.2 Å². The molecular weight excluding hydrogens is 279 g/mol. The van der Waals surface area contributed by atoms with Gasteiger partial charge >= 0.3 is 5.51 Å². The van der Waals surface area contributed by atoms with E-state index >= 15 is 0 Å². The van der Waals surface area contributed by atoms with Crippen molar-refractivity contribution in [2.45, 2.75) is 23.7 Å². The molecule has 0 unspecified atom stereocenters. The van der Waals surface area contributed by atoms with Crippen LogP contribution in [0.4, 0.5) is 18.9 Å². The van der Waals surface area contributed by atoms with Crippen LogP contribution in [0, 0.1) is 11.8 Å². The molecule has 0 fully saturated rings. The van der Waals surface area contributed by atoms with Crippen molar-refractivity contribution in [3.8, 4) is 11.8 Å². The number of benzene rings is 1. The van der Waals surface area contributed by atoms with Gasteiger partial charge in [0.25, 0.3) is 9.84 Å². The normalized spacial score (nSPS) is 11.6. The van der Waals surface area contributed by atoms with Gasteiger partial charge < -0.3 is 5.32 Å². The van der Waals surface area contributed by atoms with Crippen molar-refractivity contribution < 1.29 is 21.6 Å². The summed E-state index contributed by atoms with van der Waals surface area (Å²) in [6.45, 7) is 2.24. The lowest BCUT2D eigenvalue weighted by atomic mass is 10.3. The molecule has 1 aromatic carbocycles. The summed E-state index contributed by atoms with van der Waals surface area (Å²) in [5.74, 6) is 5.52. The molecule has 0 aromatic heterocycles. The first-order valence-corrected chi connectivity index (χ1v) is 6.82. The fourth-order valence-electron chi connectivity index (χ4n) is 1.28. The highest BCUT2D eigenvalue weighted by atomic mass is 32.2. The predicted octanol–water partition coefficient (Wildman–Crippen LogP) is 2.81. The fraction of sp³-hybridized carbons (Fsp3) is 0.333. The second-order valence-corrected chi connectivity index (χ2v) is 5.52. The van der Waals surface area contributed by atoms with Crippen LogP contribution in [-0.4, -0.2) is 20.5 Å². The van der Waals surface area contributed by atoms with Gasteiger partial charge in [-0.15, -0.1) is 11.8 Å². The molecule has 0 aliphatic heterocycles. The molecule has 0 atom stereocenters. The zero-order valence-corrected chi connectivity index (χ0v) is 10.9. The smallest absolute Gasteiger partial charge is 0.384 e. The van der Waals surface area contributed by atoms with E-state index in [1.165, 1.54) is 12.1 Å². The van der Waals surface area contributed by atoms with Crippen molar-refractivity contribution in [1.82, 2.24) is 0 Å². The zero-order valence-electron chi connectivity index (χ0n) is 10.1. The maximum atomic E-state index is 12.3. The van der Waals surface area contributed by atoms with E-state index in [-0.39, 0.29) is 0 Å². The Bertz CT molecular complexity index is 580. The highest BCUT2D eigenvalue weighted by Gasteiger charge is 2.46. The number of alkyl halides is 3. The zero-order chi connectivity index (χ0) is 14.5. The highest BCUT2D eigenvalue weighted by Crippen LogP contribution is 2.30. The molecule has 7 heteroatoms. The summed E-state index contributed by atoms with van der Waals surface area (Å²) < 4.78 is 59.1. The van der Waals surface area contributed by atoms with Gasteiger partial charge in [-0.05, 0) is 31.2 Å². The molecule has 0 heterocycles. The van der Waals surface area contributed by atoms with Crippen molar-refractivity contribution in [2.24, 2.45) is 0 Å². The summed E-state index contributed by atoms with van der Waals surface area (Å²) in [6, 6.07) is 4.43. The Kier molecular flexibility index (Phi) is 4.84. The van der Waals surface area contributed by atoms with Gasteiger partial charge in [0.15, 0.2) is 0 Å². The van der Waals surface area contributed by atoms with Crippen LogP contribution < -0.4 is 5.32 Å². The Morgan fingerprint density at radius 1 is 1.21 bits per heavy atom. The van der Waals surface area contributed by atoms with Crippen LogP contribution in [-0.2, 0) is 9.84 Å². The van der Waals surface area contributed by atoms with E-state index in [0.29, 0.717) is 18.7 Å². The Morgan fingerprint density at radius 3 is 2.26 bits per heavy atom. The fourth-order valence-corrected chi connectivity index (χ4v) is 2.04. The average Bonchev–Trinajstić information content (AvgIpc) is 2.34. The van der Waals surface area contributed by atoms with Crippen molar-refractivity contribution in [3.63, 3.8) is 0 Å². The molecular formula is C12H12F3NO2S. The van der Waals surface area contributed by atoms with Crippen molar-refractivity contribution in [1.29, 1.82) is 0 Å². The largest absolute Gasteiger partial charge is 0.501 e. The predicted molar refractivity (Wildman–Crippen MR) is 66.2 cm³/mol.